The molecule has 0 spiro atoms. The molecule has 0 bridgehead atoms. The van der Waals surface area contributed by atoms with Crippen molar-refractivity contribution >= 4 is 17.7 Å². The van der Waals surface area contributed by atoms with Gasteiger partial charge in [0.05, 0.1) is 18.6 Å². The Hall–Kier alpha value is -3.08. The van der Waals surface area contributed by atoms with Crippen molar-refractivity contribution in [2.75, 3.05) is 5.75 Å². The van der Waals surface area contributed by atoms with Crippen LogP contribution in [0, 0.1) is 0 Å². The molecule has 0 saturated carbocycles. The van der Waals surface area contributed by atoms with Gasteiger partial charge < -0.3 is 18.7 Å². The zero-order valence-electron chi connectivity index (χ0n) is 13.5. The Morgan fingerprint density at radius 2 is 2.19 bits per heavy atom. The fourth-order valence-corrected chi connectivity index (χ4v) is 2.62. The predicted octanol–water partition coefficient (Wildman–Crippen LogP) is 0.164. The maximum absolute atomic E-state index is 11.8. The van der Waals surface area contributed by atoms with E-state index < -0.39 is 11.2 Å². The number of hydrogen-bond acceptors (Lipinski definition) is 8. The number of amides is 1. The lowest BCUT2D eigenvalue weighted by Gasteiger charge is -2.01. The number of nitrogens with zero attached hydrogens (tertiary/aromatic N) is 3. The minimum Gasteiger partial charge on any atom is -0.467 e. The molecular formula is C15H15N5O5S. The summed E-state index contributed by atoms with van der Waals surface area (Å²) >= 11 is 1.11. The molecule has 0 aromatic carbocycles. The van der Waals surface area contributed by atoms with E-state index in [0.717, 1.165) is 11.8 Å². The van der Waals surface area contributed by atoms with Gasteiger partial charge in [-0.25, -0.2) is 4.79 Å². The van der Waals surface area contributed by atoms with Crippen LogP contribution in [0.2, 0.25) is 0 Å². The van der Waals surface area contributed by atoms with Crippen molar-refractivity contribution in [2.24, 2.45) is 0 Å². The molecule has 0 aliphatic heterocycles. The molecule has 0 fully saturated rings. The molecule has 0 saturated heterocycles. The summed E-state index contributed by atoms with van der Waals surface area (Å²) in [5.41, 5.74) is -0.951. The van der Waals surface area contributed by atoms with Gasteiger partial charge in [-0.05, 0) is 12.1 Å². The van der Waals surface area contributed by atoms with Gasteiger partial charge in [-0.2, -0.15) is 0 Å². The van der Waals surface area contributed by atoms with Crippen molar-refractivity contribution in [3.63, 3.8) is 0 Å². The first kappa shape index (κ1) is 17.7. The van der Waals surface area contributed by atoms with Crippen molar-refractivity contribution in [3.05, 3.63) is 63.1 Å². The fraction of sp³-hybridized carbons (Fsp3) is 0.267. The lowest BCUT2D eigenvalue weighted by Crippen LogP contribution is -2.29. The molecule has 10 nitrogen and oxygen atoms in total. The highest BCUT2D eigenvalue weighted by Crippen LogP contribution is 2.16. The second kappa shape index (κ2) is 8.34. The standard InChI is InChI=1S/C15H15N5O5S/c21-11-3-5-20(14(23)17-11)6-4-13-18-19-15(25-13)26-9-12(22)16-8-10-2-1-7-24-10/h1-3,5,7H,4,6,8-9H2,(H,16,22)(H,17,21,23). The topological polar surface area (TPSA) is 136 Å². The molecule has 0 aliphatic carbocycles. The Morgan fingerprint density at radius 3 is 2.96 bits per heavy atom. The van der Waals surface area contributed by atoms with Crippen molar-refractivity contribution in [2.45, 2.75) is 24.7 Å². The minimum atomic E-state index is -0.500. The van der Waals surface area contributed by atoms with Gasteiger partial charge in [0.2, 0.25) is 11.8 Å². The van der Waals surface area contributed by atoms with Gasteiger partial charge in [0.15, 0.2) is 0 Å². The number of furan rings is 1. The molecule has 3 heterocycles. The summed E-state index contributed by atoms with van der Waals surface area (Å²) in [5.74, 6) is 0.940. The average molecular weight is 377 g/mol. The highest BCUT2D eigenvalue weighted by Gasteiger charge is 2.10. The third-order valence-corrected chi connectivity index (χ3v) is 4.10. The van der Waals surface area contributed by atoms with E-state index in [2.05, 4.69) is 20.5 Å². The van der Waals surface area contributed by atoms with Crippen molar-refractivity contribution in [3.8, 4) is 0 Å². The summed E-state index contributed by atoms with van der Waals surface area (Å²) in [7, 11) is 0. The number of carbonyl (C=O) groups excluding carboxylic acids is 1. The first-order chi connectivity index (χ1) is 12.6. The van der Waals surface area contributed by atoms with E-state index in [0.29, 0.717) is 24.6 Å². The molecular weight excluding hydrogens is 362 g/mol. The van der Waals surface area contributed by atoms with E-state index in [1.165, 1.54) is 23.1 Å². The van der Waals surface area contributed by atoms with Crippen LogP contribution in [0.15, 0.2) is 54.3 Å². The van der Waals surface area contributed by atoms with Crippen LogP contribution in [-0.4, -0.2) is 31.4 Å². The van der Waals surface area contributed by atoms with Gasteiger partial charge in [0.1, 0.15) is 5.76 Å². The summed E-state index contributed by atoms with van der Waals surface area (Å²) in [6.45, 7) is 0.598. The quantitative estimate of drug-likeness (QED) is 0.530. The summed E-state index contributed by atoms with van der Waals surface area (Å²) in [6.07, 6.45) is 3.26. The van der Waals surface area contributed by atoms with E-state index in [1.54, 1.807) is 12.1 Å². The number of hydrogen-bond donors (Lipinski definition) is 2. The second-order valence-electron chi connectivity index (χ2n) is 5.16. The zero-order chi connectivity index (χ0) is 18.4. The maximum Gasteiger partial charge on any atom is 0.328 e. The van der Waals surface area contributed by atoms with Gasteiger partial charge in [-0.15, -0.1) is 10.2 Å². The van der Waals surface area contributed by atoms with Crippen molar-refractivity contribution in [1.29, 1.82) is 0 Å². The normalized spacial score (nSPS) is 10.8. The number of aryl methyl sites for hydroxylation is 2. The molecule has 3 aromatic heterocycles. The smallest absolute Gasteiger partial charge is 0.328 e. The number of nitrogens with one attached hydrogen (secondary N) is 2. The average Bonchev–Trinajstić information content (AvgIpc) is 3.29. The SMILES string of the molecule is O=C(CSc1nnc(CCn2ccc(=O)[nH]c2=O)o1)NCc1ccco1. The van der Waals surface area contributed by atoms with E-state index in [-0.39, 0.29) is 23.4 Å². The van der Waals surface area contributed by atoms with Gasteiger partial charge in [0.25, 0.3) is 10.8 Å². The number of aromatic nitrogens is 4. The van der Waals surface area contributed by atoms with Crippen LogP contribution in [0.1, 0.15) is 11.7 Å². The molecule has 2 N–H and O–H groups in total. The lowest BCUT2D eigenvalue weighted by molar-refractivity contribution is -0.118. The largest absolute Gasteiger partial charge is 0.467 e. The molecule has 11 heteroatoms. The van der Waals surface area contributed by atoms with Gasteiger partial charge in [0, 0.05) is 25.2 Å². The summed E-state index contributed by atoms with van der Waals surface area (Å²) in [4.78, 5) is 36.5. The van der Waals surface area contributed by atoms with Crippen molar-refractivity contribution in [1.82, 2.24) is 25.1 Å². The summed E-state index contributed by atoms with van der Waals surface area (Å²) < 4.78 is 11.9. The van der Waals surface area contributed by atoms with E-state index in [4.69, 9.17) is 8.83 Å². The Kier molecular flexibility index (Phi) is 5.69. The first-order valence-corrected chi connectivity index (χ1v) is 8.63. The third-order valence-electron chi connectivity index (χ3n) is 3.28. The minimum absolute atomic E-state index is 0.127. The van der Waals surface area contributed by atoms with Crippen LogP contribution in [-0.2, 0) is 24.3 Å². The molecule has 26 heavy (non-hydrogen) atoms. The van der Waals surface area contributed by atoms with E-state index in [1.807, 2.05) is 0 Å². The second-order valence-corrected chi connectivity index (χ2v) is 6.09. The lowest BCUT2D eigenvalue weighted by atomic mass is 10.4. The van der Waals surface area contributed by atoms with Gasteiger partial charge in [-0.3, -0.25) is 14.6 Å². The monoisotopic (exact) mass is 377 g/mol. The Labute approximate surface area is 150 Å². The van der Waals surface area contributed by atoms with Crippen LogP contribution in [0.3, 0.4) is 0 Å². The summed E-state index contributed by atoms with van der Waals surface area (Å²) in [5, 5.41) is 10.7. The highest BCUT2D eigenvalue weighted by atomic mass is 32.2. The molecule has 3 rings (SSSR count). The van der Waals surface area contributed by atoms with Gasteiger partial charge >= 0.3 is 5.69 Å². The van der Waals surface area contributed by atoms with Crippen molar-refractivity contribution < 1.29 is 13.6 Å². The number of carbonyl (C=O) groups is 1. The molecule has 0 unspecified atom stereocenters. The molecule has 1 amide bonds. The van der Waals surface area contributed by atoms with Crippen LogP contribution in [0.25, 0.3) is 0 Å². The number of aromatic amines is 1. The van der Waals surface area contributed by atoms with Crippen LogP contribution < -0.4 is 16.6 Å². The van der Waals surface area contributed by atoms with E-state index >= 15 is 0 Å². The number of H-pyrrole nitrogens is 1. The summed E-state index contributed by atoms with van der Waals surface area (Å²) in [6, 6.07) is 4.78. The molecule has 0 atom stereocenters. The highest BCUT2D eigenvalue weighted by molar-refractivity contribution is 7.99. The van der Waals surface area contributed by atoms with Crippen LogP contribution >= 0.6 is 11.8 Å². The Balaban J connectivity index is 1.44. The molecule has 0 radical (unpaired) electrons. The zero-order valence-corrected chi connectivity index (χ0v) is 14.3. The predicted molar refractivity (Wildman–Crippen MR) is 90.6 cm³/mol. The van der Waals surface area contributed by atoms with Crippen LogP contribution in [0.4, 0.5) is 0 Å². The third kappa shape index (κ3) is 4.96. The molecule has 0 aliphatic rings. The first-order valence-electron chi connectivity index (χ1n) is 7.64. The Bertz CT molecular complexity index is 975. The number of thioether (sulfide) groups is 1. The maximum atomic E-state index is 11.8. The van der Waals surface area contributed by atoms with Gasteiger partial charge in [-0.1, -0.05) is 11.8 Å². The van der Waals surface area contributed by atoms with E-state index in [9.17, 15) is 14.4 Å². The number of rotatable bonds is 8. The molecule has 136 valence electrons. The van der Waals surface area contributed by atoms with Crippen LogP contribution in [0.5, 0.6) is 0 Å². The fourth-order valence-electron chi connectivity index (χ4n) is 2.01. The molecule has 3 aromatic rings. The Morgan fingerprint density at radius 1 is 1.31 bits per heavy atom.